The van der Waals surface area contributed by atoms with Gasteiger partial charge in [-0.1, -0.05) is 0 Å². The topological polar surface area (TPSA) is 94.8 Å². The van der Waals surface area contributed by atoms with E-state index in [9.17, 15) is 4.79 Å². The molecule has 0 saturated heterocycles. The molecule has 0 saturated carbocycles. The Labute approximate surface area is 156 Å². The van der Waals surface area contributed by atoms with Crippen LogP contribution in [0.25, 0.3) is 11.5 Å². The molecule has 0 atom stereocenters. The van der Waals surface area contributed by atoms with Gasteiger partial charge in [0.15, 0.2) is 5.82 Å². The molecule has 0 aromatic carbocycles. The summed E-state index contributed by atoms with van der Waals surface area (Å²) in [6.45, 7) is 2.07. The molecule has 8 nitrogen and oxygen atoms in total. The van der Waals surface area contributed by atoms with Crippen molar-refractivity contribution >= 4 is 17.5 Å². The average molecular weight is 364 g/mol. The highest BCUT2D eigenvalue weighted by molar-refractivity contribution is 5.96. The van der Waals surface area contributed by atoms with Crippen molar-refractivity contribution in [3.63, 3.8) is 0 Å². The molecule has 3 aromatic rings. The number of hydrogen-bond acceptors (Lipinski definition) is 7. The molecule has 3 heterocycles. The lowest BCUT2D eigenvalue weighted by molar-refractivity contribution is 0.0527. The summed E-state index contributed by atoms with van der Waals surface area (Å²) >= 11 is 0. The van der Waals surface area contributed by atoms with E-state index >= 15 is 0 Å². The van der Waals surface area contributed by atoms with E-state index in [1.807, 2.05) is 11.7 Å². The Hall–Kier alpha value is -3.29. The molecule has 0 unspecified atom stereocenters. The van der Waals surface area contributed by atoms with Crippen LogP contribution in [0.2, 0.25) is 0 Å². The van der Waals surface area contributed by atoms with Gasteiger partial charge in [0.1, 0.15) is 17.1 Å². The van der Waals surface area contributed by atoms with Crippen LogP contribution in [0, 0.1) is 0 Å². The van der Waals surface area contributed by atoms with Crippen LogP contribution in [0.1, 0.15) is 35.0 Å². The van der Waals surface area contributed by atoms with Gasteiger partial charge in [-0.15, -0.1) is 0 Å². The van der Waals surface area contributed by atoms with Crippen LogP contribution in [0.3, 0.4) is 0 Å². The van der Waals surface area contributed by atoms with Crippen molar-refractivity contribution in [3.8, 4) is 11.5 Å². The minimum atomic E-state index is -0.426. The largest absolute Gasteiger partial charge is 0.462 e. The molecular weight excluding hydrogens is 344 g/mol. The maximum Gasteiger partial charge on any atom is 0.341 e. The molecule has 1 aliphatic rings. The summed E-state index contributed by atoms with van der Waals surface area (Å²) in [5, 5.41) is 7.77. The van der Waals surface area contributed by atoms with Crippen molar-refractivity contribution in [1.82, 2.24) is 24.7 Å². The van der Waals surface area contributed by atoms with Crippen LogP contribution < -0.4 is 5.32 Å². The molecule has 0 fully saturated rings. The first-order valence-corrected chi connectivity index (χ1v) is 8.93. The standard InChI is InChI=1S/C19H20N6O2/c1-3-27-19(26)13-11-20-9-7-14(13)22-16-8-10-21-18(23-16)17-12-5-4-6-15(12)25(2)24-17/h7-11H,3-6H2,1-2H3,(H,20,21,22,23). The normalized spacial score (nSPS) is 12.7. The van der Waals surface area contributed by atoms with Crippen molar-refractivity contribution in [2.24, 2.45) is 7.05 Å². The van der Waals surface area contributed by atoms with Crippen LogP contribution in [0.15, 0.2) is 30.7 Å². The van der Waals surface area contributed by atoms with Gasteiger partial charge in [-0.25, -0.2) is 14.8 Å². The van der Waals surface area contributed by atoms with E-state index < -0.39 is 5.97 Å². The first-order chi connectivity index (χ1) is 13.2. The van der Waals surface area contributed by atoms with E-state index in [1.54, 1.807) is 31.5 Å². The molecule has 0 radical (unpaired) electrons. The number of nitrogens with zero attached hydrogens (tertiary/aromatic N) is 5. The quantitative estimate of drug-likeness (QED) is 0.696. The Morgan fingerprint density at radius 3 is 3.04 bits per heavy atom. The van der Waals surface area contributed by atoms with Gasteiger partial charge in [0.25, 0.3) is 0 Å². The van der Waals surface area contributed by atoms with Gasteiger partial charge in [0, 0.05) is 36.9 Å². The minimum absolute atomic E-state index is 0.301. The number of anilines is 2. The second-order valence-electron chi connectivity index (χ2n) is 6.28. The molecule has 0 amide bonds. The summed E-state index contributed by atoms with van der Waals surface area (Å²) in [5.41, 5.74) is 4.25. The average Bonchev–Trinajstić information content (AvgIpc) is 3.27. The SMILES string of the molecule is CCOC(=O)c1cnccc1Nc1ccnc(-c2nn(C)c3c2CCC3)n1. The number of carbonyl (C=O) groups excluding carboxylic acids is 1. The molecule has 3 aromatic heterocycles. The molecule has 1 N–H and O–H groups in total. The van der Waals surface area contributed by atoms with Gasteiger partial charge in [0.2, 0.25) is 0 Å². The molecule has 1 aliphatic carbocycles. The summed E-state index contributed by atoms with van der Waals surface area (Å²) in [5.74, 6) is 0.726. The summed E-state index contributed by atoms with van der Waals surface area (Å²) in [6, 6.07) is 3.47. The molecule has 0 spiro atoms. The number of esters is 1. The third-order valence-corrected chi connectivity index (χ3v) is 4.56. The van der Waals surface area contributed by atoms with Crippen LogP contribution in [-0.2, 0) is 24.6 Å². The van der Waals surface area contributed by atoms with Gasteiger partial charge in [-0.2, -0.15) is 5.10 Å². The zero-order valence-electron chi connectivity index (χ0n) is 15.3. The lowest BCUT2D eigenvalue weighted by Gasteiger charge is -2.10. The van der Waals surface area contributed by atoms with Crippen LogP contribution in [0.4, 0.5) is 11.5 Å². The van der Waals surface area contributed by atoms with E-state index in [4.69, 9.17) is 4.74 Å². The van der Waals surface area contributed by atoms with Crippen molar-refractivity contribution in [3.05, 3.63) is 47.5 Å². The number of nitrogens with one attached hydrogen (secondary N) is 1. The second kappa shape index (κ2) is 7.14. The summed E-state index contributed by atoms with van der Waals surface area (Å²) < 4.78 is 7.01. The van der Waals surface area contributed by atoms with E-state index in [2.05, 4.69) is 25.4 Å². The van der Waals surface area contributed by atoms with Crippen molar-refractivity contribution in [1.29, 1.82) is 0 Å². The van der Waals surface area contributed by atoms with Gasteiger partial charge >= 0.3 is 5.97 Å². The van der Waals surface area contributed by atoms with E-state index in [0.29, 0.717) is 29.5 Å². The Morgan fingerprint density at radius 2 is 2.19 bits per heavy atom. The van der Waals surface area contributed by atoms with Crippen LogP contribution in [-0.4, -0.2) is 37.3 Å². The molecule has 0 bridgehead atoms. The number of fused-ring (bicyclic) bond motifs is 1. The van der Waals surface area contributed by atoms with Gasteiger partial charge in [-0.3, -0.25) is 9.67 Å². The zero-order valence-corrected chi connectivity index (χ0v) is 15.3. The predicted octanol–water partition coefficient (Wildman–Crippen LogP) is 2.68. The third-order valence-electron chi connectivity index (χ3n) is 4.56. The third kappa shape index (κ3) is 3.25. The molecule has 0 aliphatic heterocycles. The Balaban J connectivity index is 1.65. The van der Waals surface area contributed by atoms with Gasteiger partial charge < -0.3 is 10.1 Å². The monoisotopic (exact) mass is 364 g/mol. The Morgan fingerprint density at radius 1 is 1.30 bits per heavy atom. The highest BCUT2D eigenvalue weighted by atomic mass is 16.5. The zero-order chi connectivity index (χ0) is 18.8. The first-order valence-electron chi connectivity index (χ1n) is 8.93. The molecular formula is C19H20N6O2. The highest BCUT2D eigenvalue weighted by Gasteiger charge is 2.23. The minimum Gasteiger partial charge on any atom is -0.462 e. The number of rotatable bonds is 5. The van der Waals surface area contributed by atoms with E-state index in [1.165, 1.54) is 17.5 Å². The number of ether oxygens (including phenoxy) is 1. The fourth-order valence-corrected chi connectivity index (χ4v) is 3.35. The Kier molecular flexibility index (Phi) is 4.53. The summed E-state index contributed by atoms with van der Waals surface area (Å²) in [4.78, 5) is 25.1. The van der Waals surface area contributed by atoms with Crippen molar-refractivity contribution < 1.29 is 9.53 Å². The molecule has 138 valence electrons. The number of pyridine rings is 1. The van der Waals surface area contributed by atoms with E-state index in [0.717, 1.165) is 25.0 Å². The van der Waals surface area contributed by atoms with Crippen LogP contribution >= 0.6 is 0 Å². The summed E-state index contributed by atoms with van der Waals surface area (Å²) in [6.07, 6.45) is 7.94. The molecule has 27 heavy (non-hydrogen) atoms. The second-order valence-corrected chi connectivity index (χ2v) is 6.28. The molecule has 8 heteroatoms. The fourth-order valence-electron chi connectivity index (χ4n) is 3.35. The number of aromatic nitrogens is 5. The van der Waals surface area contributed by atoms with Crippen LogP contribution in [0.5, 0.6) is 0 Å². The maximum absolute atomic E-state index is 12.1. The fraction of sp³-hybridized carbons (Fsp3) is 0.316. The molecule has 4 rings (SSSR count). The van der Waals surface area contributed by atoms with Gasteiger partial charge in [0.05, 0.1) is 12.3 Å². The summed E-state index contributed by atoms with van der Waals surface area (Å²) in [7, 11) is 1.96. The van der Waals surface area contributed by atoms with E-state index in [-0.39, 0.29) is 0 Å². The van der Waals surface area contributed by atoms with Crippen molar-refractivity contribution in [2.45, 2.75) is 26.2 Å². The Bertz CT molecular complexity index is 998. The lowest BCUT2D eigenvalue weighted by atomic mass is 10.2. The first kappa shape index (κ1) is 17.1. The number of hydrogen-bond donors (Lipinski definition) is 1. The van der Waals surface area contributed by atoms with Gasteiger partial charge in [-0.05, 0) is 38.3 Å². The number of aryl methyl sites for hydroxylation is 1. The van der Waals surface area contributed by atoms with Crippen molar-refractivity contribution in [2.75, 3.05) is 11.9 Å². The maximum atomic E-state index is 12.1. The predicted molar refractivity (Wildman–Crippen MR) is 99.7 cm³/mol. The lowest BCUT2D eigenvalue weighted by Crippen LogP contribution is -2.09. The smallest absolute Gasteiger partial charge is 0.341 e. The number of carbonyl (C=O) groups is 1. The highest BCUT2D eigenvalue weighted by Crippen LogP contribution is 2.30.